The van der Waals surface area contributed by atoms with Crippen molar-refractivity contribution in [3.05, 3.63) is 10.8 Å². The third-order valence-electron chi connectivity index (χ3n) is 2.85. The molecule has 0 aromatic carbocycles. The van der Waals surface area contributed by atoms with Crippen molar-refractivity contribution >= 4 is 16.3 Å². The van der Waals surface area contributed by atoms with Crippen LogP contribution in [0.5, 0.6) is 0 Å². The van der Waals surface area contributed by atoms with Gasteiger partial charge in [0.25, 0.3) is 0 Å². The fourth-order valence-electron chi connectivity index (χ4n) is 1.81. The molecule has 86 valence electrons. The van der Waals surface area contributed by atoms with Crippen molar-refractivity contribution in [2.75, 3.05) is 6.54 Å². The van der Waals surface area contributed by atoms with E-state index in [2.05, 4.69) is 34.5 Å². The Balaban J connectivity index is 1.96. The predicted octanol–water partition coefficient (Wildman–Crippen LogP) is 1.73. The van der Waals surface area contributed by atoms with Gasteiger partial charge >= 0.3 is 0 Å². The van der Waals surface area contributed by atoms with E-state index in [1.165, 1.54) is 12.8 Å². The second-order valence-electron chi connectivity index (χ2n) is 4.25. The highest BCUT2D eigenvalue weighted by Crippen LogP contribution is 2.39. The minimum absolute atomic E-state index is 0.295. The van der Waals surface area contributed by atoms with E-state index in [0.717, 1.165) is 22.3 Å². The van der Waals surface area contributed by atoms with Crippen LogP contribution >= 0.6 is 11.3 Å². The Labute approximate surface area is 97.9 Å². The van der Waals surface area contributed by atoms with Gasteiger partial charge in [0, 0.05) is 5.92 Å². The Hall–Kier alpha value is -1.01. The lowest BCUT2D eigenvalue weighted by atomic mass is 10.3. The summed E-state index contributed by atoms with van der Waals surface area (Å²) in [6.45, 7) is 5.19. The normalized spacial score (nSPS) is 18.1. The molecule has 2 aromatic heterocycles. The van der Waals surface area contributed by atoms with Gasteiger partial charge in [0.2, 0.25) is 4.96 Å². The first-order valence-electron chi connectivity index (χ1n) is 5.75. The molecule has 0 aliphatic heterocycles. The van der Waals surface area contributed by atoms with Crippen LogP contribution in [0.2, 0.25) is 0 Å². The van der Waals surface area contributed by atoms with Crippen molar-refractivity contribution in [2.24, 2.45) is 0 Å². The lowest BCUT2D eigenvalue weighted by Crippen LogP contribution is -2.17. The molecule has 3 rings (SSSR count). The first kappa shape index (κ1) is 10.2. The number of hydrogen-bond donors (Lipinski definition) is 1. The molecule has 0 amide bonds. The van der Waals surface area contributed by atoms with E-state index < -0.39 is 0 Å². The Bertz CT molecular complexity index is 498. The average Bonchev–Trinajstić information content (AvgIpc) is 2.89. The standard InChI is InChI=1S/C10H15N5S/c1-3-11-6(2)9-14-15-8(7-4-5-7)12-13-10(15)16-9/h6-7,11H,3-5H2,1-2H3. The molecule has 1 atom stereocenters. The van der Waals surface area contributed by atoms with E-state index in [4.69, 9.17) is 0 Å². The lowest BCUT2D eigenvalue weighted by molar-refractivity contribution is 0.584. The second-order valence-corrected chi connectivity index (χ2v) is 5.23. The monoisotopic (exact) mass is 237 g/mol. The number of hydrogen-bond acceptors (Lipinski definition) is 5. The Morgan fingerprint density at radius 3 is 3.00 bits per heavy atom. The summed E-state index contributed by atoms with van der Waals surface area (Å²) in [5.74, 6) is 1.64. The number of nitrogens with one attached hydrogen (secondary N) is 1. The molecule has 1 aliphatic carbocycles. The summed E-state index contributed by atoms with van der Waals surface area (Å²) >= 11 is 1.63. The van der Waals surface area contributed by atoms with Crippen molar-refractivity contribution in [2.45, 2.75) is 38.6 Å². The first-order valence-corrected chi connectivity index (χ1v) is 6.56. The van der Waals surface area contributed by atoms with Crippen molar-refractivity contribution in [3.8, 4) is 0 Å². The van der Waals surface area contributed by atoms with Crippen LogP contribution in [0.1, 0.15) is 49.5 Å². The van der Waals surface area contributed by atoms with Crippen LogP contribution in [-0.4, -0.2) is 26.4 Å². The zero-order valence-electron chi connectivity index (χ0n) is 9.47. The maximum absolute atomic E-state index is 4.60. The molecule has 0 bridgehead atoms. The third kappa shape index (κ3) is 1.62. The minimum atomic E-state index is 0.295. The molecule has 1 aliphatic rings. The number of rotatable bonds is 4. The SMILES string of the molecule is CCNC(C)c1nn2c(C3CC3)nnc2s1. The van der Waals surface area contributed by atoms with Gasteiger partial charge in [0.1, 0.15) is 5.01 Å². The molecular formula is C10H15N5S. The minimum Gasteiger partial charge on any atom is -0.308 e. The van der Waals surface area contributed by atoms with Crippen LogP contribution in [0.15, 0.2) is 0 Å². The van der Waals surface area contributed by atoms with Gasteiger partial charge in [0.05, 0.1) is 6.04 Å². The van der Waals surface area contributed by atoms with Crippen molar-refractivity contribution in [1.82, 2.24) is 25.1 Å². The fraction of sp³-hybridized carbons (Fsp3) is 0.700. The summed E-state index contributed by atoms with van der Waals surface area (Å²) < 4.78 is 1.92. The van der Waals surface area contributed by atoms with E-state index in [9.17, 15) is 0 Å². The highest BCUT2D eigenvalue weighted by atomic mass is 32.1. The molecule has 1 unspecified atom stereocenters. The van der Waals surface area contributed by atoms with Crippen LogP contribution in [-0.2, 0) is 0 Å². The number of aromatic nitrogens is 4. The van der Waals surface area contributed by atoms with Crippen molar-refractivity contribution in [1.29, 1.82) is 0 Å². The number of nitrogens with zero attached hydrogens (tertiary/aromatic N) is 4. The van der Waals surface area contributed by atoms with Gasteiger partial charge in [-0.2, -0.15) is 9.61 Å². The summed E-state index contributed by atoms with van der Waals surface area (Å²) in [6.07, 6.45) is 2.47. The molecule has 0 radical (unpaired) electrons. The van der Waals surface area contributed by atoms with Crippen molar-refractivity contribution < 1.29 is 0 Å². The largest absolute Gasteiger partial charge is 0.308 e. The molecule has 5 nitrogen and oxygen atoms in total. The summed E-state index contributed by atoms with van der Waals surface area (Å²) in [5.41, 5.74) is 0. The van der Waals surface area contributed by atoms with Gasteiger partial charge in [-0.1, -0.05) is 18.3 Å². The zero-order valence-corrected chi connectivity index (χ0v) is 10.3. The molecule has 6 heteroatoms. The van der Waals surface area contributed by atoms with E-state index in [0.29, 0.717) is 12.0 Å². The van der Waals surface area contributed by atoms with Gasteiger partial charge in [-0.25, -0.2) is 0 Å². The molecule has 16 heavy (non-hydrogen) atoms. The quantitative estimate of drug-likeness (QED) is 0.880. The summed E-state index contributed by atoms with van der Waals surface area (Å²) in [6, 6.07) is 0.295. The maximum atomic E-state index is 4.60. The zero-order chi connectivity index (χ0) is 11.1. The topological polar surface area (TPSA) is 55.1 Å². The van der Waals surface area contributed by atoms with Gasteiger partial charge in [-0.3, -0.25) is 0 Å². The molecule has 1 N–H and O–H groups in total. The van der Waals surface area contributed by atoms with Gasteiger partial charge < -0.3 is 5.32 Å². The van der Waals surface area contributed by atoms with Crippen LogP contribution < -0.4 is 5.32 Å². The molecule has 1 fully saturated rings. The van der Waals surface area contributed by atoms with E-state index in [1.54, 1.807) is 11.3 Å². The van der Waals surface area contributed by atoms with Gasteiger partial charge in [0.15, 0.2) is 5.82 Å². The highest BCUT2D eigenvalue weighted by Gasteiger charge is 2.30. The molecule has 2 heterocycles. The smallest absolute Gasteiger partial charge is 0.234 e. The predicted molar refractivity (Wildman–Crippen MR) is 62.7 cm³/mol. The van der Waals surface area contributed by atoms with E-state index >= 15 is 0 Å². The third-order valence-corrected chi connectivity index (χ3v) is 3.94. The van der Waals surface area contributed by atoms with E-state index in [1.807, 2.05) is 4.52 Å². The second kappa shape index (κ2) is 3.78. The number of fused-ring (bicyclic) bond motifs is 1. The van der Waals surface area contributed by atoms with Gasteiger partial charge in [-0.05, 0) is 26.3 Å². The summed E-state index contributed by atoms with van der Waals surface area (Å²) in [5, 5.41) is 17.4. The molecule has 2 aromatic rings. The first-order chi connectivity index (χ1) is 7.79. The Morgan fingerprint density at radius 1 is 1.50 bits per heavy atom. The van der Waals surface area contributed by atoms with Crippen LogP contribution in [0.3, 0.4) is 0 Å². The summed E-state index contributed by atoms with van der Waals surface area (Å²) in [7, 11) is 0. The van der Waals surface area contributed by atoms with Crippen LogP contribution in [0.4, 0.5) is 0 Å². The van der Waals surface area contributed by atoms with E-state index in [-0.39, 0.29) is 0 Å². The maximum Gasteiger partial charge on any atom is 0.234 e. The molecular weight excluding hydrogens is 222 g/mol. The molecule has 1 saturated carbocycles. The summed E-state index contributed by atoms with van der Waals surface area (Å²) in [4.78, 5) is 0.918. The Kier molecular flexibility index (Phi) is 2.40. The Morgan fingerprint density at radius 2 is 2.31 bits per heavy atom. The molecule has 0 spiro atoms. The lowest BCUT2D eigenvalue weighted by Gasteiger charge is -2.06. The fourth-order valence-corrected chi connectivity index (χ4v) is 2.68. The highest BCUT2D eigenvalue weighted by molar-refractivity contribution is 7.16. The molecule has 0 saturated heterocycles. The van der Waals surface area contributed by atoms with Crippen LogP contribution in [0.25, 0.3) is 4.96 Å². The van der Waals surface area contributed by atoms with Gasteiger partial charge in [-0.15, -0.1) is 10.2 Å². The van der Waals surface area contributed by atoms with Crippen molar-refractivity contribution in [3.63, 3.8) is 0 Å². The van der Waals surface area contributed by atoms with Crippen LogP contribution in [0, 0.1) is 0 Å². The average molecular weight is 237 g/mol.